The number of carbonyl (C=O) groups is 2. The van der Waals surface area contributed by atoms with E-state index in [0.29, 0.717) is 5.70 Å². The first kappa shape index (κ1) is 22.9. The summed E-state index contributed by atoms with van der Waals surface area (Å²) >= 11 is 5.82. The summed E-state index contributed by atoms with van der Waals surface area (Å²) in [5.41, 5.74) is 0.118. The van der Waals surface area contributed by atoms with Crippen molar-refractivity contribution in [1.82, 2.24) is 4.90 Å². The summed E-state index contributed by atoms with van der Waals surface area (Å²) in [6, 6.07) is 3.82. The first-order chi connectivity index (χ1) is 14.6. The quantitative estimate of drug-likeness (QED) is 0.632. The number of Topliss-reactive ketones (excluding diaryl/α,β-unsaturated/α-hetero) is 1. The van der Waals surface area contributed by atoms with Gasteiger partial charge in [-0.2, -0.15) is 0 Å². The summed E-state index contributed by atoms with van der Waals surface area (Å²) in [6.45, 7) is 3.34. The number of allylic oxidation sites excluding steroid dienone is 5. The monoisotopic (exact) mass is 449 g/mol. The van der Waals surface area contributed by atoms with Gasteiger partial charge in [0, 0.05) is 30.3 Å². The number of fused-ring (bicyclic) bond motifs is 2. The van der Waals surface area contributed by atoms with Crippen molar-refractivity contribution < 1.29 is 28.6 Å². The maximum atomic E-state index is 15.2. The van der Waals surface area contributed by atoms with Gasteiger partial charge in [-0.25, -0.2) is 13.6 Å². The number of benzene rings is 1. The molecule has 1 unspecified atom stereocenters. The number of aliphatic hydroxyl groups excluding tert-OH is 1. The van der Waals surface area contributed by atoms with Crippen LogP contribution in [-0.2, 0) is 16.0 Å². The fraction of sp³-hybridized carbons (Fsp3) is 0.304. The molecule has 0 aromatic heterocycles. The van der Waals surface area contributed by atoms with Crippen LogP contribution in [0.1, 0.15) is 25.8 Å². The van der Waals surface area contributed by atoms with Gasteiger partial charge >= 0.3 is 5.97 Å². The van der Waals surface area contributed by atoms with Gasteiger partial charge in [0.05, 0.1) is 17.7 Å². The molecule has 0 amide bonds. The standard InChI is InChI=1S/C23H22ClF2NO4/c1-12(2)20(11-28)27-10-17(23(30)31)22(29)15-7-14(19(25)9-16(27)8-15)6-13-4-3-5-18(24)21(13)26/h3-5,7,9-10,12,20,28H,6,8,11H2,1-2H3,(H,30,31). The third-order valence-corrected chi connectivity index (χ3v) is 5.70. The molecule has 0 spiro atoms. The molecule has 0 radical (unpaired) electrons. The Kier molecular flexibility index (Phi) is 6.77. The minimum atomic E-state index is -1.42. The van der Waals surface area contributed by atoms with Crippen molar-refractivity contribution in [2.75, 3.05) is 6.61 Å². The minimum Gasteiger partial charge on any atom is -0.477 e. The summed E-state index contributed by atoms with van der Waals surface area (Å²) in [7, 11) is 0. The number of carbonyl (C=O) groups excluding carboxylic acids is 1. The van der Waals surface area contributed by atoms with Gasteiger partial charge in [-0.05, 0) is 35.3 Å². The predicted octanol–water partition coefficient (Wildman–Crippen LogP) is 4.33. The number of nitrogens with zero attached hydrogens (tertiary/aromatic N) is 1. The lowest BCUT2D eigenvalue weighted by molar-refractivity contribution is -0.134. The molecule has 2 N–H and O–H groups in total. The highest BCUT2D eigenvalue weighted by atomic mass is 35.5. The molecule has 1 aromatic carbocycles. The molecule has 5 nitrogen and oxygen atoms in total. The second kappa shape index (κ2) is 9.16. The van der Waals surface area contributed by atoms with Crippen LogP contribution >= 0.6 is 11.6 Å². The zero-order valence-corrected chi connectivity index (χ0v) is 17.8. The van der Waals surface area contributed by atoms with E-state index in [2.05, 4.69) is 0 Å². The van der Waals surface area contributed by atoms with E-state index in [0.717, 1.165) is 6.20 Å². The lowest BCUT2D eigenvalue weighted by atomic mass is 9.97. The highest BCUT2D eigenvalue weighted by molar-refractivity contribution is 6.30. The molecule has 1 aliphatic carbocycles. The minimum absolute atomic E-state index is 0.0235. The molecular weight excluding hydrogens is 428 g/mol. The van der Waals surface area contributed by atoms with E-state index in [9.17, 15) is 24.2 Å². The normalized spacial score (nSPS) is 17.7. The Balaban J connectivity index is 2.16. The number of aliphatic hydroxyl groups is 1. The van der Waals surface area contributed by atoms with Crippen LogP contribution in [0.25, 0.3) is 0 Å². The summed E-state index contributed by atoms with van der Waals surface area (Å²) in [4.78, 5) is 26.1. The largest absolute Gasteiger partial charge is 0.477 e. The van der Waals surface area contributed by atoms with Crippen molar-refractivity contribution >= 4 is 23.4 Å². The zero-order valence-electron chi connectivity index (χ0n) is 17.0. The van der Waals surface area contributed by atoms with Crippen molar-refractivity contribution in [2.45, 2.75) is 32.7 Å². The van der Waals surface area contributed by atoms with Crippen molar-refractivity contribution in [1.29, 1.82) is 0 Å². The molecule has 0 saturated heterocycles. The Bertz CT molecular complexity index is 1060. The van der Waals surface area contributed by atoms with E-state index >= 15 is 4.39 Å². The summed E-state index contributed by atoms with van der Waals surface area (Å²) in [5.74, 6) is -3.64. The lowest BCUT2D eigenvalue weighted by Gasteiger charge is -2.33. The van der Waals surface area contributed by atoms with Crippen LogP contribution in [0.2, 0.25) is 5.02 Å². The van der Waals surface area contributed by atoms with Crippen LogP contribution < -0.4 is 0 Å². The molecule has 8 heteroatoms. The number of hydrogen-bond acceptors (Lipinski definition) is 4. The van der Waals surface area contributed by atoms with Gasteiger partial charge in [-0.1, -0.05) is 37.6 Å². The third kappa shape index (κ3) is 4.62. The second-order valence-corrected chi connectivity index (χ2v) is 8.23. The van der Waals surface area contributed by atoms with Gasteiger partial charge in [0.15, 0.2) is 5.78 Å². The number of halogens is 3. The molecule has 164 valence electrons. The number of carboxylic acid groups (broad SMARTS) is 1. The average molecular weight is 450 g/mol. The van der Waals surface area contributed by atoms with Gasteiger partial charge in [-0.15, -0.1) is 0 Å². The third-order valence-electron chi connectivity index (χ3n) is 5.41. The molecule has 0 saturated carbocycles. The Morgan fingerprint density at radius 3 is 2.58 bits per heavy atom. The maximum absolute atomic E-state index is 15.2. The van der Waals surface area contributed by atoms with E-state index in [1.807, 2.05) is 13.8 Å². The average Bonchev–Trinajstić information content (AvgIpc) is 2.94. The summed E-state index contributed by atoms with van der Waals surface area (Å²) in [5, 5.41) is 19.3. The first-order valence-corrected chi connectivity index (χ1v) is 10.1. The number of ketones is 1. The van der Waals surface area contributed by atoms with Crippen LogP contribution in [0.5, 0.6) is 0 Å². The fourth-order valence-electron chi connectivity index (χ4n) is 3.69. The molecular formula is C23H22ClF2NO4. The van der Waals surface area contributed by atoms with Crippen LogP contribution in [-0.4, -0.2) is 39.5 Å². The number of aliphatic carboxylic acids is 1. The van der Waals surface area contributed by atoms with E-state index in [1.165, 1.54) is 35.3 Å². The molecule has 0 fully saturated rings. The van der Waals surface area contributed by atoms with E-state index in [-0.39, 0.29) is 47.1 Å². The van der Waals surface area contributed by atoms with Gasteiger partial charge in [0.2, 0.25) is 0 Å². The van der Waals surface area contributed by atoms with Crippen LogP contribution in [0.4, 0.5) is 8.78 Å². The molecule has 2 aliphatic rings. The zero-order chi connectivity index (χ0) is 22.9. The Labute approximate surface area is 183 Å². The van der Waals surface area contributed by atoms with E-state index < -0.39 is 35.0 Å². The molecule has 31 heavy (non-hydrogen) atoms. The van der Waals surface area contributed by atoms with E-state index in [4.69, 9.17) is 11.6 Å². The number of rotatable bonds is 6. The highest BCUT2D eigenvalue weighted by Crippen LogP contribution is 2.35. The Hall–Kier alpha value is -2.77. The first-order valence-electron chi connectivity index (χ1n) is 9.75. The topological polar surface area (TPSA) is 77.8 Å². The van der Waals surface area contributed by atoms with Crippen molar-refractivity contribution in [3.05, 3.63) is 81.2 Å². The molecule has 2 bridgehead atoms. The maximum Gasteiger partial charge on any atom is 0.341 e. The summed E-state index contributed by atoms with van der Waals surface area (Å²) in [6.07, 6.45) is 3.46. The SMILES string of the molecule is CC(C)C(CO)N1C=C(C(=O)O)C(=O)C2=CC(Cc3cccc(Cl)c3F)=C(F)C=C1C2. The van der Waals surface area contributed by atoms with E-state index in [1.54, 1.807) is 0 Å². The molecule has 1 aliphatic heterocycles. The second-order valence-electron chi connectivity index (χ2n) is 7.82. The number of carboxylic acids is 1. The number of hydrogen-bond donors (Lipinski definition) is 2. The molecule has 1 aromatic rings. The highest BCUT2D eigenvalue weighted by Gasteiger charge is 2.33. The lowest BCUT2D eigenvalue weighted by Crippen LogP contribution is -2.37. The van der Waals surface area contributed by atoms with Gasteiger partial charge < -0.3 is 15.1 Å². The van der Waals surface area contributed by atoms with Gasteiger partial charge in [0.1, 0.15) is 17.2 Å². The van der Waals surface area contributed by atoms with Crippen LogP contribution in [0.3, 0.4) is 0 Å². The smallest absolute Gasteiger partial charge is 0.341 e. The van der Waals surface area contributed by atoms with Crippen molar-refractivity contribution in [3.63, 3.8) is 0 Å². The molecule has 1 atom stereocenters. The van der Waals surface area contributed by atoms with Gasteiger partial charge in [-0.3, -0.25) is 4.79 Å². The molecule has 1 heterocycles. The van der Waals surface area contributed by atoms with Crippen LogP contribution in [0, 0.1) is 11.7 Å². The fourth-order valence-corrected chi connectivity index (χ4v) is 3.88. The van der Waals surface area contributed by atoms with Crippen molar-refractivity contribution in [2.24, 2.45) is 5.92 Å². The van der Waals surface area contributed by atoms with Crippen LogP contribution in [0.15, 0.2) is 64.8 Å². The Morgan fingerprint density at radius 1 is 1.26 bits per heavy atom. The molecule has 3 rings (SSSR count). The van der Waals surface area contributed by atoms with Crippen molar-refractivity contribution in [3.8, 4) is 0 Å². The summed E-state index contributed by atoms with van der Waals surface area (Å²) < 4.78 is 29.5. The Morgan fingerprint density at radius 2 is 1.97 bits per heavy atom. The van der Waals surface area contributed by atoms with Gasteiger partial charge in [0.25, 0.3) is 0 Å². The predicted molar refractivity (Wildman–Crippen MR) is 112 cm³/mol.